The fourth-order valence-electron chi connectivity index (χ4n) is 7.14. The molecule has 3 heterocycles. The number of amides is 1. The van der Waals surface area contributed by atoms with Gasteiger partial charge in [0, 0.05) is 50.1 Å². The molecule has 3 aromatic rings. The van der Waals surface area contributed by atoms with Gasteiger partial charge in [-0.15, -0.1) is 5.10 Å². The summed E-state index contributed by atoms with van der Waals surface area (Å²) in [5.41, 5.74) is 1.77. The third-order valence-corrected chi connectivity index (χ3v) is 9.75. The molecule has 6 rings (SSSR count). The lowest BCUT2D eigenvalue weighted by molar-refractivity contribution is -0.136. The largest absolute Gasteiger partial charge is 0.352 e. The van der Waals surface area contributed by atoms with Gasteiger partial charge in [0.1, 0.15) is 11.5 Å². The molecule has 2 aliphatic carbocycles. The predicted octanol–water partition coefficient (Wildman–Crippen LogP) is 4.35. The average molecular weight is 617 g/mol. The maximum absolute atomic E-state index is 13.1. The zero-order chi connectivity index (χ0) is 30.7. The lowest BCUT2D eigenvalue weighted by Gasteiger charge is -2.38. The Hall–Kier alpha value is -3.31. The maximum Gasteiger partial charge on any atom is 0.225 e. The van der Waals surface area contributed by atoms with E-state index in [1.165, 1.54) is 57.8 Å². The van der Waals surface area contributed by atoms with Gasteiger partial charge in [0.2, 0.25) is 11.9 Å². The van der Waals surface area contributed by atoms with Crippen LogP contribution in [-0.2, 0) is 17.9 Å². The highest BCUT2D eigenvalue weighted by atomic mass is 16.2. The Kier molecular flexibility index (Phi) is 11.5. The summed E-state index contributed by atoms with van der Waals surface area (Å²) in [6.07, 6.45) is 16.8. The van der Waals surface area contributed by atoms with Crippen molar-refractivity contribution in [3.8, 4) is 0 Å². The number of aromatic nitrogens is 5. The second-order valence-electron chi connectivity index (χ2n) is 13.1. The predicted molar refractivity (Wildman–Crippen MR) is 179 cm³/mol. The Morgan fingerprint density at radius 1 is 0.844 bits per heavy atom. The van der Waals surface area contributed by atoms with E-state index < -0.39 is 0 Å². The van der Waals surface area contributed by atoms with Gasteiger partial charge >= 0.3 is 0 Å². The molecule has 1 saturated heterocycles. The molecule has 0 bridgehead atoms. The van der Waals surface area contributed by atoms with Crippen LogP contribution in [0.2, 0.25) is 0 Å². The summed E-state index contributed by atoms with van der Waals surface area (Å²) in [7, 11) is 0. The summed E-state index contributed by atoms with van der Waals surface area (Å²) in [6, 6.07) is 8.91. The van der Waals surface area contributed by atoms with E-state index in [1.54, 1.807) is 0 Å². The number of nitrogens with one attached hydrogen (secondary N) is 3. The lowest BCUT2D eigenvalue weighted by atomic mass is 9.88. The minimum atomic E-state index is 0.221. The molecule has 45 heavy (non-hydrogen) atoms. The molecule has 2 aromatic heterocycles. The van der Waals surface area contributed by atoms with Crippen LogP contribution in [0.5, 0.6) is 0 Å². The zero-order valence-electron chi connectivity index (χ0n) is 26.9. The Morgan fingerprint density at radius 2 is 1.60 bits per heavy atom. The molecule has 1 aliphatic heterocycles. The Bertz CT molecular complexity index is 1340. The van der Waals surface area contributed by atoms with E-state index in [2.05, 4.69) is 42.1 Å². The fourth-order valence-corrected chi connectivity index (χ4v) is 7.14. The number of carbonyl (C=O) groups is 1. The molecule has 3 N–H and O–H groups in total. The average Bonchev–Trinajstić information content (AvgIpc) is 3.56. The minimum Gasteiger partial charge on any atom is -0.352 e. The van der Waals surface area contributed by atoms with Gasteiger partial charge in [-0.05, 0) is 70.3 Å². The first kappa shape index (κ1) is 31.7. The molecule has 3 aliphatic rings. The third kappa shape index (κ3) is 8.91. The molecule has 11 nitrogen and oxygen atoms in total. The number of carbonyl (C=O) groups excluding carboxylic acids is 1. The van der Waals surface area contributed by atoms with E-state index in [-0.39, 0.29) is 5.92 Å². The first-order valence-electron chi connectivity index (χ1n) is 17.6. The molecule has 0 radical (unpaired) electrons. The van der Waals surface area contributed by atoms with Crippen LogP contribution >= 0.6 is 0 Å². The number of rotatable bonds is 14. The van der Waals surface area contributed by atoms with E-state index in [4.69, 9.17) is 9.97 Å². The van der Waals surface area contributed by atoms with Crippen LogP contribution in [0.4, 0.5) is 11.8 Å². The molecule has 0 atom stereocenters. The van der Waals surface area contributed by atoms with Crippen LogP contribution in [0.15, 0.2) is 30.5 Å². The number of nitrogens with zero attached hydrogens (tertiary/aromatic N) is 7. The number of para-hydroxylation sites is 1. The summed E-state index contributed by atoms with van der Waals surface area (Å²) in [4.78, 5) is 27.2. The quantitative estimate of drug-likeness (QED) is 0.227. The normalized spacial score (nSPS) is 18.5. The monoisotopic (exact) mass is 616 g/mol. The summed E-state index contributed by atoms with van der Waals surface area (Å²) < 4.78 is 1.92. The van der Waals surface area contributed by atoms with E-state index in [9.17, 15) is 4.79 Å². The number of aryl methyl sites for hydroxylation is 1. The SMILES string of the molecule is O=C(C1CCCCC1)N1CCN(c2nc(NCc3cn(CCCNCCCNC4CCCCC4)nn3)nc3ccccc23)CC1. The number of piperazine rings is 1. The molecule has 3 fully saturated rings. The highest BCUT2D eigenvalue weighted by molar-refractivity contribution is 5.90. The summed E-state index contributed by atoms with van der Waals surface area (Å²) in [5, 5.41) is 20.4. The van der Waals surface area contributed by atoms with Crippen LogP contribution in [0.1, 0.15) is 82.7 Å². The van der Waals surface area contributed by atoms with Crippen molar-refractivity contribution in [3.63, 3.8) is 0 Å². The maximum atomic E-state index is 13.1. The molecular formula is C34H52N10O. The lowest BCUT2D eigenvalue weighted by Crippen LogP contribution is -2.50. The third-order valence-electron chi connectivity index (χ3n) is 9.75. The first-order chi connectivity index (χ1) is 22.2. The Labute approximate surface area is 267 Å². The van der Waals surface area contributed by atoms with Gasteiger partial charge in [-0.25, -0.2) is 4.98 Å². The molecule has 244 valence electrons. The van der Waals surface area contributed by atoms with Crippen LogP contribution < -0.4 is 20.9 Å². The van der Waals surface area contributed by atoms with Gasteiger partial charge < -0.3 is 25.8 Å². The van der Waals surface area contributed by atoms with Crippen molar-refractivity contribution in [1.82, 2.24) is 40.5 Å². The topological polar surface area (TPSA) is 116 Å². The standard InChI is InChI=1S/C34H52N10O/c45-33(27-11-3-1-4-12-27)43-23-21-42(22-24-43)32-30-15-7-8-16-31(30)38-34(39-32)37-25-29-26-44(41-40-29)20-10-18-35-17-9-19-36-28-13-5-2-6-14-28/h7-8,15-16,26-28,35-36H,1-6,9-14,17-25H2,(H,37,38,39). The van der Waals surface area contributed by atoms with Crippen molar-refractivity contribution < 1.29 is 4.79 Å². The molecule has 1 aromatic carbocycles. The smallest absolute Gasteiger partial charge is 0.225 e. The number of anilines is 2. The Balaban J connectivity index is 0.948. The van der Waals surface area contributed by atoms with Crippen molar-refractivity contribution in [2.24, 2.45) is 5.92 Å². The zero-order valence-corrected chi connectivity index (χ0v) is 26.9. The van der Waals surface area contributed by atoms with Gasteiger partial charge in [-0.3, -0.25) is 9.48 Å². The molecule has 1 amide bonds. The van der Waals surface area contributed by atoms with Gasteiger partial charge in [0.25, 0.3) is 0 Å². The molecule has 11 heteroatoms. The minimum absolute atomic E-state index is 0.221. The summed E-state index contributed by atoms with van der Waals surface area (Å²) >= 11 is 0. The van der Waals surface area contributed by atoms with E-state index in [0.717, 1.165) is 100 Å². The molecule has 0 spiro atoms. The van der Waals surface area contributed by atoms with Gasteiger partial charge in [0.15, 0.2) is 0 Å². The van der Waals surface area contributed by atoms with Gasteiger partial charge in [-0.2, -0.15) is 4.98 Å². The van der Waals surface area contributed by atoms with Crippen molar-refractivity contribution in [2.75, 3.05) is 56.0 Å². The fraction of sp³-hybridized carbons (Fsp3) is 0.676. The second-order valence-corrected chi connectivity index (χ2v) is 13.1. The van der Waals surface area contributed by atoms with Crippen LogP contribution in [-0.4, -0.2) is 87.6 Å². The highest BCUT2D eigenvalue weighted by Crippen LogP contribution is 2.29. The van der Waals surface area contributed by atoms with Crippen molar-refractivity contribution in [2.45, 2.75) is 96.2 Å². The summed E-state index contributed by atoms with van der Waals surface area (Å²) in [5.74, 6) is 2.08. The highest BCUT2D eigenvalue weighted by Gasteiger charge is 2.29. The van der Waals surface area contributed by atoms with Crippen LogP contribution in [0.3, 0.4) is 0 Å². The van der Waals surface area contributed by atoms with Gasteiger partial charge in [-0.1, -0.05) is 55.9 Å². The second kappa shape index (κ2) is 16.3. The Morgan fingerprint density at radius 3 is 2.42 bits per heavy atom. The van der Waals surface area contributed by atoms with Crippen molar-refractivity contribution in [1.29, 1.82) is 0 Å². The van der Waals surface area contributed by atoms with E-state index in [0.29, 0.717) is 18.4 Å². The first-order valence-corrected chi connectivity index (χ1v) is 17.6. The van der Waals surface area contributed by atoms with E-state index >= 15 is 0 Å². The van der Waals surface area contributed by atoms with Gasteiger partial charge in [0.05, 0.1) is 18.3 Å². The number of hydrogen-bond donors (Lipinski definition) is 3. The van der Waals surface area contributed by atoms with Crippen LogP contribution in [0, 0.1) is 5.92 Å². The number of fused-ring (bicyclic) bond motifs is 1. The summed E-state index contributed by atoms with van der Waals surface area (Å²) in [6.45, 7) is 7.53. The molecular weight excluding hydrogens is 564 g/mol. The number of benzene rings is 1. The van der Waals surface area contributed by atoms with Crippen molar-refractivity contribution >= 4 is 28.6 Å². The molecule has 0 unspecified atom stereocenters. The van der Waals surface area contributed by atoms with E-state index in [1.807, 2.05) is 29.1 Å². The van der Waals surface area contributed by atoms with Crippen molar-refractivity contribution in [3.05, 3.63) is 36.2 Å². The van der Waals surface area contributed by atoms with Crippen LogP contribution in [0.25, 0.3) is 10.9 Å². The number of hydrogen-bond acceptors (Lipinski definition) is 9. The molecule has 2 saturated carbocycles.